The van der Waals surface area contributed by atoms with Crippen molar-refractivity contribution in [3.8, 4) is 17.2 Å². The average molecular weight is 505 g/mol. The van der Waals surface area contributed by atoms with Crippen LogP contribution >= 0.6 is 0 Å². The Balaban J connectivity index is 1.72. The molecule has 2 aromatic rings. The molecule has 0 spiro atoms. The van der Waals surface area contributed by atoms with Crippen molar-refractivity contribution < 1.29 is 27.8 Å². The number of hydrogen-bond acceptors (Lipinski definition) is 4. The Labute approximate surface area is 215 Å². The second kappa shape index (κ2) is 16.2. The molecule has 0 amide bonds. The van der Waals surface area contributed by atoms with Crippen LogP contribution in [0, 0.1) is 5.92 Å². The number of benzene rings is 2. The minimum absolute atomic E-state index is 0.326. The molecular weight excluding hydrogens is 462 g/mol. The van der Waals surface area contributed by atoms with Crippen LogP contribution < -0.4 is 14.2 Å². The third kappa shape index (κ3) is 10.5. The summed E-state index contributed by atoms with van der Waals surface area (Å²) in [5.41, 5.74) is 0.326. The fraction of sp³-hybridized carbons (Fsp3) is 0.567. The summed E-state index contributed by atoms with van der Waals surface area (Å²) in [6.45, 7) is 7.65. The van der Waals surface area contributed by atoms with Gasteiger partial charge in [0.1, 0.15) is 29.5 Å². The van der Waals surface area contributed by atoms with E-state index >= 15 is 0 Å². The van der Waals surface area contributed by atoms with Crippen LogP contribution in [0.4, 0.5) is 8.78 Å². The van der Waals surface area contributed by atoms with Crippen LogP contribution in [0.3, 0.4) is 0 Å². The zero-order chi connectivity index (χ0) is 26.3. The molecule has 0 aliphatic carbocycles. The van der Waals surface area contributed by atoms with Gasteiger partial charge in [-0.15, -0.1) is 0 Å². The zero-order valence-electron chi connectivity index (χ0n) is 22.2. The van der Waals surface area contributed by atoms with Crippen LogP contribution in [0.15, 0.2) is 48.5 Å². The van der Waals surface area contributed by atoms with Gasteiger partial charge in [0.15, 0.2) is 6.17 Å². The molecule has 0 saturated heterocycles. The van der Waals surface area contributed by atoms with E-state index in [2.05, 4.69) is 6.92 Å². The lowest BCUT2D eigenvalue weighted by molar-refractivity contribution is 0.0337. The highest BCUT2D eigenvalue weighted by Crippen LogP contribution is 2.23. The molecule has 200 valence electrons. The number of alkyl halides is 2. The number of halogens is 2. The topological polar surface area (TPSA) is 44.8 Å². The molecule has 0 aliphatic rings. The summed E-state index contributed by atoms with van der Waals surface area (Å²) >= 11 is 0. The molecule has 0 saturated carbocycles. The highest BCUT2D eigenvalue weighted by molar-refractivity contribution is 5.91. The molecule has 0 heterocycles. The second-order valence-corrected chi connectivity index (χ2v) is 9.66. The molecule has 2 rings (SSSR count). The van der Waals surface area contributed by atoms with Gasteiger partial charge in [-0.25, -0.2) is 13.6 Å². The van der Waals surface area contributed by atoms with Crippen molar-refractivity contribution in [2.75, 3.05) is 6.61 Å². The van der Waals surface area contributed by atoms with Crippen molar-refractivity contribution in [1.29, 1.82) is 0 Å². The van der Waals surface area contributed by atoms with E-state index in [1.165, 1.54) is 64.0 Å². The summed E-state index contributed by atoms with van der Waals surface area (Å²) in [5, 5.41) is 0. The average Bonchev–Trinajstić information content (AvgIpc) is 2.88. The number of ether oxygens (including phenoxy) is 3. The summed E-state index contributed by atoms with van der Waals surface area (Å²) in [7, 11) is 0. The van der Waals surface area contributed by atoms with Crippen LogP contribution in [-0.4, -0.2) is 31.0 Å². The molecule has 0 aromatic heterocycles. The summed E-state index contributed by atoms with van der Waals surface area (Å²) in [5.74, 6) is 0.562. The maximum Gasteiger partial charge on any atom is 0.343 e. The fourth-order valence-electron chi connectivity index (χ4n) is 3.77. The van der Waals surface area contributed by atoms with E-state index in [9.17, 15) is 13.6 Å². The zero-order valence-corrected chi connectivity index (χ0v) is 22.2. The Morgan fingerprint density at radius 1 is 0.722 bits per heavy atom. The molecule has 0 fully saturated rings. The molecule has 0 bridgehead atoms. The summed E-state index contributed by atoms with van der Waals surface area (Å²) in [6, 6.07) is 13.1. The van der Waals surface area contributed by atoms with Crippen molar-refractivity contribution in [1.82, 2.24) is 0 Å². The van der Waals surface area contributed by atoms with E-state index in [4.69, 9.17) is 14.2 Å². The first-order valence-electron chi connectivity index (χ1n) is 13.3. The molecule has 3 atom stereocenters. The van der Waals surface area contributed by atoms with Gasteiger partial charge in [-0.1, -0.05) is 65.7 Å². The van der Waals surface area contributed by atoms with Gasteiger partial charge in [0.05, 0.1) is 12.2 Å². The van der Waals surface area contributed by atoms with Gasteiger partial charge >= 0.3 is 5.97 Å². The fourth-order valence-corrected chi connectivity index (χ4v) is 3.77. The Hall–Kier alpha value is -2.63. The first kappa shape index (κ1) is 29.6. The second-order valence-electron chi connectivity index (χ2n) is 9.66. The number of rotatable bonds is 17. The largest absolute Gasteiger partial charge is 0.494 e. The van der Waals surface area contributed by atoms with E-state index in [1.54, 1.807) is 50.2 Å². The molecule has 2 aromatic carbocycles. The third-order valence-corrected chi connectivity index (χ3v) is 6.10. The van der Waals surface area contributed by atoms with E-state index in [-0.39, 0.29) is 0 Å². The summed E-state index contributed by atoms with van der Waals surface area (Å²) in [6.07, 6.45) is 5.74. The maximum atomic E-state index is 14.2. The first-order valence-corrected chi connectivity index (χ1v) is 13.3. The number of carbonyl (C=O) groups is 1. The lowest BCUT2D eigenvalue weighted by Crippen LogP contribution is -2.36. The van der Waals surface area contributed by atoms with Crippen molar-refractivity contribution >= 4 is 5.97 Å². The Morgan fingerprint density at radius 3 is 1.83 bits per heavy atom. The van der Waals surface area contributed by atoms with E-state index in [1.807, 2.05) is 0 Å². The van der Waals surface area contributed by atoms with Crippen LogP contribution in [0.1, 0.15) is 89.4 Å². The summed E-state index contributed by atoms with van der Waals surface area (Å²) in [4.78, 5) is 12.5. The Kier molecular flexibility index (Phi) is 13.3. The summed E-state index contributed by atoms with van der Waals surface area (Å²) < 4.78 is 44.8. The molecule has 0 unspecified atom stereocenters. The molecule has 0 N–H and O–H groups in total. The van der Waals surface area contributed by atoms with E-state index < -0.39 is 30.3 Å². The molecule has 4 nitrogen and oxygen atoms in total. The molecule has 0 radical (unpaired) electrons. The lowest BCUT2D eigenvalue weighted by Gasteiger charge is -2.23. The highest BCUT2D eigenvalue weighted by atomic mass is 19.2. The van der Waals surface area contributed by atoms with Crippen LogP contribution in [0.25, 0.3) is 0 Å². The smallest absolute Gasteiger partial charge is 0.343 e. The van der Waals surface area contributed by atoms with Gasteiger partial charge in [-0.3, -0.25) is 0 Å². The van der Waals surface area contributed by atoms with Gasteiger partial charge in [0.2, 0.25) is 0 Å². The quantitative estimate of drug-likeness (QED) is 0.123. The maximum absolute atomic E-state index is 14.2. The van der Waals surface area contributed by atoms with Crippen LogP contribution in [0.2, 0.25) is 0 Å². The highest BCUT2D eigenvalue weighted by Gasteiger charge is 2.30. The molecule has 36 heavy (non-hydrogen) atoms. The van der Waals surface area contributed by atoms with Gasteiger partial charge in [0.25, 0.3) is 0 Å². The number of unbranched alkanes of at least 4 members (excludes halogenated alkanes) is 7. The van der Waals surface area contributed by atoms with Crippen molar-refractivity contribution in [2.45, 2.75) is 97.5 Å². The van der Waals surface area contributed by atoms with E-state index in [0.717, 1.165) is 12.2 Å². The van der Waals surface area contributed by atoms with E-state index in [0.29, 0.717) is 23.7 Å². The molecule has 0 aliphatic heterocycles. The van der Waals surface area contributed by atoms with Gasteiger partial charge < -0.3 is 14.2 Å². The van der Waals surface area contributed by atoms with Gasteiger partial charge in [-0.2, -0.15) is 0 Å². The lowest BCUT2D eigenvalue weighted by atomic mass is 10.0. The molecule has 6 heteroatoms. The number of esters is 1. The minimum Gasteiger partial charge on any atom is -0.494 e. The Morgan fingerprint density at radius 2 is 1.25 bits per heavy atom. The Bertz CT molecular complexity index is 868. The standard InChI is InChI=1S/C30H42F2O4/c1-5-6-7-8-9-10-11-12-21-34-25-17-19-27(20-18-25)36-30(33)24-13-15-26(16-14-24)35-23(4)29(32)28(31)22(2)3/h13-20,22-23,28-29H,5-12,21H2,1-4H3/t23-,28-,29-/m1/s1. The minimum atomic E-state index is -1.73. The van der Waals surface area contributed by atoms with Crippen LogP contribution in [0.5, 0.6) is 17.2 Å². The SMILES string of the molecule is CCCCCCCCCCOc1ccc(OC(=O)c2ccc(O[C@H](C)[C@@H](F)[C@H](F)C(C)C)cc2)cc1. The predicted molar refractivity (Wildman–Crippen MR) is 141 cm³/mol. The van der Waals surface area contributed by atoms with Crippen molar-refractivity contribution in [3.05, 3.63) is 54.1 Å². The molecular formula is C30H42F2O4. The third-order valence-electron chi connectivity index (χ3n) is 6.10. The van der Waals surface area contributed by atoms with Gasteiger partial charge in [-0.05, 0) is 67.8 Å². The van der Waals surface area contributed by atoms with Gasteiger partial charge in [0, 0.05) is 0 Å². The predicted octanol–water partition coefficient (Wildman–Crippen LogP) is 8.52. The van der Waals surface area contributed by atoms with Crippen LogP contribution in [-0.2, 0) is 0 Å². The number of carbonyl (C=O) groups excluding carboxylic acids is 1. The first-order chi connectivity index (χ1) is 17.3. The number of hydrogen-bond donors (Lipinski definition) is 0. The monoisotopic (exact) mass is 504 g/mol. The van der Waals surface area contributed by atoms with Crippen molar-refractivity contribution in [3.63, 3.8) is 0 Å². The normalized spacial score (nSPS) is 13.8. The van der Waals surface area contributed by atoms with Crippen molar-refractivity contribution in [2.24, 2.45) is 5.92 Å².